The first-order valence-electron chi connectivity index (χ1n) is 10.5. The molecule has 1 saturated heterocycles. The number of anilines is 2. The highest BCUT2D eigenvalue weighted by atomic mass is 32.2. The molecule has 0 radical (unpaired) electrons. The van der Waals surface area contributed by atoms with Crippen LogP contribution in [0.5, 0.6) is 11.6 Å². The molecule has 0 bridgehead atoms. The average Bonchev–Trinajstić information content (AvgIpc) is 2.79. The number of pyridine rings is 1. The zero-order valence-corrected chi connectivity index (χ0v) is 20.2. The van der Waals surface area contributed by atoms with E-state index in [1.165, 1.54) is 20.5 Å². The van der Waals surface area contributed by atoms with E-state index in [-0.39, 0.29) is 18.3 Å². The molecule has 11 nitrogen and oxygen atoms in total. The van der Waals surface area contributed by atoms with Crippen LogP contribution in [0.1, 0.15) is 32.4 Å². The largest absolute Gasteiger partial charge is 0.489 e. The van der Waals surface area contributed by atoms with Gasteiger partial charge in [-0.05, 0) is 32.9 Å². The first-order valence-corrected chi connectivity index (χ1v) is 11.3. The molecule has 1 amide bonds. The Morgan fingerprint density at radius 2 is 1.97 bits per heavy atom. The molecule has 0 atom stereocenters. The molecule has 1 aliphatic rings. The van der Waals surface area contributed by atoms with Crippen LogP contribution in [0.25, 0.3) is 0 Å². The zero-order chi connectivity index (χ0) is 23.8. The van der Waals surface area contributed by atoms with Gasteiger partial charge in [0.15, 0.2) is 5.82 Å². The number of carbonyl (C=O) groups excluding carboxylic acids is 1. The van der Waals surface area contributed by atoms with Crippen LogP contribution in [-0.2, 0) is 14.0 Å². The SMILES string of the molecule is COOSc1ccc(Nc2ncnc(OC3CCN(C(=O)OC(C)C)CC3)c2OC)c(C)n1. The molecule has 1 aliphatic heterocycles. The summed E-state index contributed by atoms with van der Waals surface area (Å²) in [5, 5.41) is 3.88. The Bertz CT molecular complexity index is 939. The van der Waals surface area contributed by atoms with Crippen LogP contribution < -0.4 is 14.8 Å². The Hall–Kier alpha value is -2.83. The second-order valence-electron chi connectivity index (χ2n) is 7.52. The first kappa shape index (κ1) is 24.8. The van der Waals surface area contributed by atoms with Crippen molar-refractivity contribution in [3.63, 3.8) is 0 Å². The highest BCUT2D eigenvalue weighted by molar-refractivity contribution is 7.94. The van der Waals surface area contributed by atoms with Crippen molar-refractivity contribution >= 4 is 29.6 Å². The topological polar surface area (TPSA) is 117 Å². The van der Waals surface area contributed by atoms with Gasteiger partial charge in [-0.25, -0.2) is 19.7 Å². The Labute approximate surface area is 197 Å². The fourth-order valence-corrected chi connectivity index (χ4v) is 3.65. The third kappa shape index (κ3) is 6.83. The van der Waals surface area contributed by atoms with Crippen molar-refractivity contribution in [2.75, 3.05) is 32.6 Å². The van der Waals surface area contributed by atoms with E-state index in [9.17, 15) is 4.79 Å². The molecular weight excluding hydrogens is 450 g/mol. The van der Waals surface area contributed by atoms with Gasteiger partial charge in [0.05, 0.1) is 43.7 Å². The maximum atomic E-state index is 12.1. The van der Waals surface area contributed by atoms with Crippen LogP contribution >= 0.6 is 12.0 Å². The highest BCUT2D eigenvalue weighted by Crippen LogP contribution is 2.35. The smallest absolute Gasteiger partial charge is 0.410 e. The second kappa shape index (κ2) is 11.9. The normalized spacial score (nSPS) is 14.3. The summed E-state index contributed by atoms with van der Waals surface area (Å²) in [4.78, 5) is 31.4. The molecule has 2 aromatic rings. The van der Waals surface area contributed by atoms with Gasteiger partial charge in [-0.2, -0.15) is 9.32 Å². The van der Waals surface area contributed by atoms with Crippen molar-refractivity contribution in [3.8, 4) is 11.6 Å². The molecule has 12 heteroatoms. The average molecular weight is 480 g/mol. The Balaban J connectivity index is 1.66. The lowest BCUT2D eigenvalue weighted by Crippen LogP contribution is -2.42. The van der Waals surface area contributed by atoms with Crippen molar-refractivity contribution in [2.24, 2.45) is 0 Å². The maximum Gasteiger partial charge on any atom is 0.410 e. The third-order valence-corrected chi connectivity index (χ3v) is 5.39. The fourth-order valence-electron chi connectivity index (χ4n) is 3.22. The van der Waals surface area contributed by atoms with E-state index in [4.69, 9.17) is 18.5 Å². The molecule has 3 rings (SSSR count). The molecule has 33 heavy (non-hydrogen) atoms. The van der Waals surface area contributed by atoms with Crippen molar-refractivity contribution in [2.45, 2.75) is 50.8 Å². The van der Waals surface area contributed by atoms with E-state index in [1.54, 1.807) is 11.0 Å². The van der Waals surface area contributed by atoms with Crippen LogP contribution in [0.3, 0.4) is 0 Å². The number of ether oxygens (including phenoxy) is 3. The van der Waals surface area contributed by atoms with Crippen molar-refractivity contribution in [1.82, 2.24) is 19.9 Å². The van der Waals surface area contributed by atoms with Crippen LogP contribution in [0.2, 0.25) is 0 Å². The minimum Gasteiger partial charge on any atom is -0.489 e. The van der Waals surface area contributed by atoms with E-state index >= 15 is 0 Å². The number of hydrogen-bond donors (Lipinski definition) is 1. The molecule has 0 aromatic carbocycles. The van der Waals surface area contributed by atoms with Gasteiger partial charge >= 0.3 is 6.09 Å². The summed E-state index contributed by atoms with van der Waals surface area (Å²) < 4.78 is 21.8. The van der Waals surface area contributed by atoms with E-state index in [0.29, 0.717) is 48.4 Å². The van der Waals surface area contributed by atoms with Gasteiger partial charge in [0.2, 0.25) is 5.75 Å². The third-order valence-electron chi connectivity index (χ3n) is 4.79. The molecule has 1 fully saturated rings. The number of nitrogens with zero attached hydrogens (tertiary/aromatic N) is 4. The van der Waals surface area contributed by atoms with Crippen LogP contribution in [0.15, 0.2) is 23.5 Å². The Morgan fingerprint density at radius 1 is 1.21 bits per heavy atom. The fraction of sp³-hybridized carbons (Fsp3) is 0.524. The predicted octanol–water partition coefficient (Wildman–Crippen LogP) is 3.91. The molecule has 0 aliphatic carbocycles. The number of hydrogen-bond acceptors (Lipinski definition) is 11. The highest BCUT2D eigenvalue weighted by Gasteiger charge is 2.27. The first-order chi connectivity index (χ1) is 15.9. The van der Waals surface area contributed by atoms with Gasteiger partial charge in [-0.15, -0.1) is 0 Å². The lowest BCUT2D eigenvalue weighted by atomic mass is 10.1. The van der Waals surface area contributed by atoms with Gasteiger partial charge in [-0.3, -0.25) is 0 Å². The molecule has 0 unspecified atom stereocenters. The van der Waals surface area contributed by atoms with Gasteiger partial charge in [0, 0.05) is 25.9 Å². The summed E-state index contributed by atoms with van der Waals surface area (Å²) in [6, 6.07) is 3.65. The molecular formula is C21H29N5O6S. The van der Waals surface area contributed by atoms with E-state index in [0.717, 1.165) is 23.4 Å². The summed E-state index contributed by atoms with van der Waals surface area (Å²) >= 11 is 1.02. The zero-order valence-electron chi connectivity index (χ0n) is 19.4. The molecule has 2 aromatic heterocycles. The molecule has 0 saturated carbocycles. The van der Waals surface area contributed by atoms with E-state index in [1.807, 2.05) is 26.8 Å². The van der Waals surface area contributed by atoms with E-state index in [2.05, 4.69) is 25.2 Å². The van der Waals surface area contributed by atoms with Crippen LogP contribution in [0, 0.1) is 6.92 Å². The molecule has 180 valence electrons. The lowest BCUT2D eigenvalue weighted by molar-refractivity contribution is -0.160. The maximum absolute atomic E-state index is 12.1. The number of aromatic nitrogens is 3. The van der Waals surface area contributed by atoms with Crippen LogP contribution in [0.4, 0.5) is 16.3 Å². The summed E-state index contributed by atoms with van der Waals surface area (Å²) in [6.07, 6.45) is 2.19. The van der Waals surface area contributed by atoms with Crippen LogP contribution in [-0.4, -0.2) is 65.5 Å². The van der Waals surface area contributed by atoms with Crippen molar-refractivity contribution in [1.29, 1.82) is 0 Å². The summed E-state index contributed by atoms with van der Waals surface area (Å²) in [7, 11) is 2.97. The second-order valence-corrected chi connectivity index (χ2v) is 8.24. The quantitative estimate of drug-likeness (QED) is 0.320. The van der Waals surface area contributed by atoms with Gasteiger partial charge in [0.25, 0.3) is 5.88 Å². The predicted molar refractivity (Wildman–Crippen MR) is 122 cm³/mol. The summed E-state index contributed by atoms with van der Waals surface area (Å²) in [5.41, 5.74) is 1.49. The number of carbonyl (C=O) groups is 1. The van der Waals surface area contributed by atoms with Crippen molar-refractivity contribution < 1.29 is 28.2 Å². The minimum absolute atomic E-state index is 0.106. The number of methoxy groups -OCH3 is 1. The standard InChI is InChI=1S/C21H29N5O6S/c1-13(2)30-21(27)26-10-8-15(9-11-26)31-20-18(28-4)19(22-12-23-20)25-16-6-7-17(24-14(16)3)33-32-29-5/h6-7,12-13,15H,8-11H2,1-5H3,(H,22,23,25). The molecule has 3 heterocycles. The number of likely N-dealkylation sites (tertiary alicyclic amines) is 1. The number of aryl methyl sites for hydroxylation is 1. The van der Waals surface area contributed by atoms with Gasteiger partial charge in [0.1, 0.15) is 17.5 Å². The number of piperidine rings is 1. The molecule has 0 spiro atoms. The Morgan fingerprint density at radius 3 is 2.61 bits per heavy atom. The number of amides is 1. The number of nitrogens with one attached hydrogen (secondary N) is 1. The lowest BCUT2D eigenvalue weighted by Gasteiger charge is -2.31. The van der Waals surface area contributed by atoms with Gasteiger partial charge in [-0.1, -0.05) is 0 Å². The minimum atomic E-state index is -0.295. The summed E-state index contributed by atoms with van der Waals surface area (Å²) in [6.45, 7) is 6.64. The van der Waals surface area contributed by atoms with Crippen molar-refractivity contribution in [3.05, 3.63) is 24.2 Å². The van der Waals surface area contributed by atoms with Gasteiger partial charge < -0.3 is 24.4 Å². The number of rotatable bonds is 9. The van der Waals surface area contributed by atoms with E-state index < -0.39 is 0 Å². The monoisotopic (exact) mass is 479 g/mol. The summed E-state index contributed by atoms with van der Waals surface area (Å²) in [5.74, 6) is 1.18. The Kier molecular flexibility index (Phi) is 8.92. The molecule has 1 N–H and O–H groups in total.